The molecular weight excluding hydrogens is 248 g/mol. The molecule has 0 aromatic carbocycles. The van der Waals surface area contributed by atoms with E-state index >= 15 is 0 Å². The predicted molar refractivity (Wildman–Crippen MR) is 53.3 cm³/mol. The standard InChI is InChI=1S/C10H14O8/c1-13-7(11)9-15-3-5(17-9)6-4-16-10(18-6)8(12)14-2/h5-6,9-10H,3-4H2,1-2H3/t5-,6-,9-,10+/m1/s1. The summed E-state index contributed by atoms with van der Waals surface area (Å²) in [5.74, 6) is -1.22. The van der Waals surface area contributed by atoms with E-state index in [0.29, 0.717) is 0 Å². The van der Waals surface area contributed by atoms with E-state index in [2.05, 4.69) is 9.47 Å². The quantitative estimate of drug-likeness (QED) is 0.587. The molecule has 102 valence electrons. The van der Waals surface area contributed by atoms with Crippen LogP contribution in [0, 0.1) is 0 Å². The van der Waals surface area contributed by atoms with Gasteiger partial charge in [0.25, 0.3) is 12.6 Å². The van der Waals surface area contributed by atoms with Crippen LogP contribution in [0.5, 0.6) is 0 Å². The third-order valence-electron chi connectivity index (χ3n) is 2.62. The van der Waals surface area contributed by atoms with Gasteiger partial charge in [0.2, 0.25) is 0 Å². The van der Waals surface area contributed by atoms with Crippen LogP contribution in [0.15, 0.2) is 0 Å². The minimum absolute atomic E-state index is 0.168. The Morgan fingerprint density at radius 2 is 1.28 bits per heavy atom. The van der Waals surface area contributed by atoms with Crippen LogP contribution in [-0.2, 0) is 38.0 Å². The van der Waals surface area contributed by atoms with Crippen molar-refractivity contribution in [2.45, 2.75) is 24.8 Å². The first kappa shape index (κ1) is 13.2. The van der Waals surface area contributed by atoms with Crippen LogP contribution >= 0.6 is 0 Å². The number of hydrogen-bond donors (Lipinski definition) is 0. The van der Waals surface area contributed by atoms with E-state index in [1.807, 2.05) is 0 Å². The molecule has 0 aromatic rings. The molecule has 2 fully saturated rings. The van der Waals surface area contributed by atoms with Crippen molar-refractivity contribution in [3.63, 3.8) is 0 Å². The third kappa shape index (κ3) is 2.61. The molecule has 8 nitrogen and oxygen atoms in total. The molecule has 0 aliphatic carbocycles. The van der Waals surface area contributed by atoms with Crippen LogP contribution in [-0.4, -0.2) is 64.2 Å². The summed E-state index contributed by atoms with van der Waals surface area (Å²) in [5, 5.41) is 0. The van der Waals surface area contributed by atoms with Gasteiger partial charge in [-0.05, 0) is 0 Å². The summed E-state index contributed by atoms with van der Waals surface area (Å²) in [6.07, 6.45) is -3.07. The molecule has 0 unspecified atom stereocenters. The molecule has 0 N–H and O–H groups in total. The van der Waals surface area contributed by atoms with Gasteiger partial charge in [-0.2, -0.15) is 0 Å². The van der Waals surface area contributed by atoms with E-state index in [0.717, 1.165) is 0 Å². The number of carbonyl (C=O) groups is 2. The molecule has 2 aliphatic rings. The zero-order valence-electron chi connectivity index (χ0n) is 9.99. The first-order valence-corrected chi connectivity index (χ1v) is 5.35. The number of ether oxygens (including phenoxy) is 6. The van der Waals surface area contributed by atoms with Crippen molar-refractivity contribution >= 4 is 11.9 Å². The van der Waals surface area contributed by atoms with Crippen molar-refractivity contribution in [1.82, 2.24) is 0 Å². The largest absolute Gasteiger partial charge is 0.465 e. The maximum atomic E-state index is 11.2. The fourth-order valence-electron chi connectivity index (χ4n) is 1.67. The van der Waals surface area contributed by atoms with Gasteiger partial charge in [-0.15, -0.1) is 0 Å². The summed E-state index contributed by atoms with van der Waals surface area (Å²) in [7, 11) is 2.48. The molecule has 0 bridgehead atoms. The fourth-order valence-corrected chi connectivity index (χ4v) is 1.67. The highest BCUT2D eigenvalue weighted by atomic mass is 16.8. The lowest BCUT2D eigenvalue weighted by Crippen LogP contribution is -2.33. The lowest BCUT2D eigenvalue weighted by Gasteiger charge is -2.15. The molecule has 8 heteroatoms. The Bertz CT molecular complexity index is 298. The molecular formula is C10H14O8. The Balaban J connectivity index is 1.84. The Labute approximate surface area is 103 Å². The summed E-state index contributed by atoms with van der Waals surface area (Å²) in [6, 6.07) is 0. The zero-order chi connectivity index (χ0) is 13.1. The van der Waals surface area contributed by atoms with Crippen molar-refractivity contribution in [2.75, 3.05) is 27.4 Å². The first-order chi connectivity index (χ1) is 8.65. The van der Waals surface area contributed by atoms with E-state index in [1.54, 1.807) is 0 Å². The SMILES string of the molecule is COC(=O)[C@@H]1OC[C@H]([C@H]2CO[C@H](C(=O)OC)O2)O1. The molecule has 2 rings (SSSR count). The Kier molecular flexibility index (Phi) is 4.12. The van der Waals surface area contributed by atoms with Gasteiger partial charge in [0.15, 0.2) is 0 Å². The second kappa shape index (κ2) is 5.61. The highest BCUT2D eigenvalue weighted by Crippen LogP contribution is 2.23. The van der Waals surface area contributed by atoms with Crippen LogP contribution in [0.2, 0.25) is 0 Å². The first-order valence-electron chi connectivity index (χ1n) is 5.35. The van der Waals surface area contributed by atoms with Crippen LogP contribution in [0.25, 0.3) is 0 Å². The summed E-state index contributed by atoms with van der Waals surface area (Å²) < 4.78 is 29.8. The van der Waals surface area contributed by atoms with Crippen molar-refractivity contribution < 1.29 is 38.0 Å². The Morgan fingerprint density at radius 1 is 0.889 bits per heavy atom. The van der Waals surface area contributed by atoms with E-state index in [4.69, 9.17) is 18.9 Å². The van der Waals surface area contributed by atoms with E-state index in [9.17, 15) is 9.59 Å². The molecule has 2 saturated heterocycles. The normalized spacial score (nSPS) is 35.4. The van der Waals surface area contributed by atoms with Gasteiger partial charge in [-0.3, -0.25) is 0 Å². The fraction of sp³-hybridized carbons (Fsp3) is 0.800. The van der Waals surface area contributed by atoms with E-state index < -0.39 is 36.7 Å². The van der Waals surface area contributed by atoms with Gasteiger partial charge >= 0.3 is 11.9 Å². The van der Waals surface area contributed by atoms with Crippen LogP contribution < -0.4 is 0 Å². The lowest BCUT2D eigenvalue weighted by molar-refractivity contribution is -0.179. The monoisotopic (exact) mass is 262 g/mol. The van der Waals surface area contributed by atoms with E-state index in [1.165, 1.54) is 14.2 Å². The van der Waals surface area contributed by atoms with Gasteiger partial charge in [-0.25, -0.2) is 9.59 Å². The topological polar surface area (TPSA) is 89.5 Å². The van der Waals surface area contributed by atoms with Crippen LogP contribution in [0.1, 0.15) is 0 Å². The second-order valence-corrected chi connectivity index (χ2v) is 3.73. The molecule has 2 heterocycles. The second-order valence-electron chi connectivity index (χ2n) is 3.73. The van der Waals surface area contributed by atoms with Crippen molar-refractivity contribution in [2.24, 2.45) is 0 Å². The maximum absolute atomic E-state index is 11.2. The summed E-state index contributed by atoms with van der Waals surface area (Å²) in [4.78, 5) is 22.3. The average Bonchev–Trinajstić information content (AvgIpc) is 3.04. The molecule has 0 spiro atoms. The number of carbonyl (C=O) groups excluding carboxylic acids is 2. The minimum Gasteiger partial charge on any atom is -0.465 e. The summed E-state index contributed by atoms with van der Waals surface area (Å²) in [5.41, 5.74) is 0. The minimum atomic E-state index is -1.05. The van der Waals surface area contributed by atoms with Crippen LogP contribution in [0.4, 0.5) is 0 Å². The molecule has 0 aromatic heterocycles. The molecule has 2 aliphatic heterocycles. The van der Waals surface area contributed by atoms with Crippen LogP contribution in [0.3, 0.4) is 0 Å². The average molecular weight is 262 g/mol. The van der Waals surface area contributed by atoms with Gasteiger partial charge in [0, 0.05) is 0 Å². The smallest absolute Gasteiger partial charge is 0.363 e. The summed E-state index contributed by atoms with van der Waals surface area (Å²) >= 11 is 0. The lowest BCUT2D eigenvalue weighted by atomic mass is 10.2. The molecule has 0 radical (unpaired) electrons. The molecule has 0 saturated carbocycles. The molecule has 4 atom stereocenters. The predicted octanol–water partition coefficient (Wildman–Crippen LogP) is -1.18. The number of methoxy groups -OCH3 is 2. The Morgan fingerprint density at radius 3 is 1.61 bits per heavy atom. The Hall–Kier alpha value is -1.22. The molecule has 0 amide bonds. The number of rotatable bonds is 3. The maximum Gasteiger partial charge on any atom is 0.363 e. The highest BCUT2D eigenvalue weighted by molar-refractivity contribution is 5.73. The highest BCUT2D eigenvalue weighted by Gasteiger charge is 2.43. The summed E-state index contributed by atoms with van der Waals surface area (Å²) in [6.45, 7) is 0.337. The molecule has 18 heavy (non-hydrogen) atoms. The third-order valence-corrected chi connectivity index (χ3v) is 2.62. The van der Waals surface area contributed by atoms with Crippen molar-refractivity contribution in [1.29, 1.82) is 0 Å². The zero-order valence-corrected chi connectivity index (χ0v) is 9.99. The van der Waals surface area contributed by atoms with Gasteiger partial charge in [0.1, 0.15) is 12.2 Å². The van der Waals surface area contributed by atoms with E-state index in [-0.39, 0.29) is 13.2 Å². The van der Waals surface area contributed by atoms with Gasteiger partial charge in [0.05, 0.1) is 27.4 Å². The van der Waals surface area contributed by atoms with Crippen molar-refractivity contribution in [3.05, 3.63) is 0 Å². The van der Waals surface area contributed by atoms with Crippen molar-refractivity contribution in [3.8, 4) is 0 Å². The number of hydrogen-bond acceptors (Lipinski definition) is 8. The number of esters is 2. The van der Waals surface area contributed by atoms with Gasteiger partial charge in [-0.1, -0.05) is 0 Å². The van der Waals surface area contributed by atoms with Gasteiger partial charge < -0.3 is 28.4 Å².